The second kappa shape index (κ2) is 5.64. The number of ether oxygens (including phenoxy) is 1. The van der Waals surface area contributed by atoms with Gasteiger partial charge in [0, 0.05) is 0 Å². The lowest BCUT2D eigenvalue weighted by atomic mass is 9.92. The number of hydrogen-bond acceptors (Lipinski definition) is 4. The maximum atomic E-state index is 12.1. The van der Waals surface area contributed by atoms with Gasteiger partial charge in [-0.25, -0.2) is 4.79 Å². The first-order valence-electron chi connectivity index (χ1n) is 5.62. The van der Waals surface area contributed by atoms with Gasteiger partial charge in [0.1, 0.15) is 11.6 Å². The van der Waals surface area contributed by atoms with Crippen molar-refractivity contribution in [2.45, 2.75) is 25.4 Å². The third-order valence-corrected chi connectivity index (χ3v) is 2.75. The van der Waals surface area contributed by atoms with Crippen LogP contribution in [0.5, 0.6) is 0 Å². The predicted molar refractivity (Wildman–Crippen MR) is 67.6 cm³/mol. The summed E-state index contributed by atoms with van der Waals surface area (Å²) in [5.74, 6) is -0.932. The molecule has 0 bridgehead atoms. The molecule has 2 atom stereocenters. The highest BCUT2D eigenvalue weighted by Crippen LogP contribution is 2.17. The van der Waals surface area contributed by atoms with Crippen LogP contribution in [-0.2, 0) is 19.9 Å². The van der Waals surface area contributed by atoms with E-state index in [4.69, 9.17) is 5.73 Å². The number of methoxy groups -OCH3 is 1. The first-order valence-corrected chi connectivity index (χ1v) is 5.62. The molecule has 2 unspecified atom stereocenters. The van der Waals surface area contributed by atoms with Crippen LogP contribution in [0.4, 0.5) is 0 Å². The zero-order valence-electron chi connectivity index (χ0n) is 10.8. The molecule has 0 spiro atoms. The Bertz CT molecular complexity index is 429. The van der Waals surface area contributed by atoms with Crippen LogP contribution in [0, 0.1) is 0 Å². The Hall–Kier alpha value is -1.88. The number of benzene rings is 1. The molecule has 98 valence electrons. The third-order valence-electron chi connectivity index (χ3n) is 2.75. The summed E-state index contributed by atoms with van der Waals surface area (Å²) in [6.07, 6.45) is 0. The minimum absolute atomic E-state index is 0.424. The standard InChI is InChI=1S/C13H18N2O3/c1-9(11(16)18-3)15-12(17)13(2,14)10-7-5-4-6-8-10/h4-9H,14H2,1-3H3,(H,15,17). The summed E-state index contributed by atoms with van der Waals surface area (Å²) < 4.78 is 4.54. The molecule has 18 heavy (non-hydrogen) atoms. The van der Waals surface area contributed by atoms with E-state index in [-0.39, 0.29) is 0 Å². The summed E-state index contributed by atoms with van der Waals surface area (Å²) in [6, 6.07) is 8.25. The predicted octanol–water partition coefficient (Wildman–Crippen LogP) is 0.538. The van der Waals surface area contributed by atoms with Crippen molar-refractivity contribution in [3.63, 3.8) is 0 Å². The molecule has 1 rings (SSSR count). The van der Waals surface area contributed by atoms with Gasteiger partial charge >= 0.3 is 5.97 Å². The van der Waals surface area contributed by atoms with E-state index in [1.165, 1.54) is 7.11 Å². The van der Waals surface area contributed by atoms with Crippen LogP contribution in [0.3, 0.4) is 0 Å². The summed E-state index contributed by atoms with van der Waals surface area (Å²) in [7, 11) is 1.27. The summed E-state index contributed by atoms with van der Waals surface area (Å²) in [6.45, 7) is 3.15. The van der Waals surface area contributed by atoms with Gasteiger partial charge in [-0.15, -0.1) is 0 Å². The van der Waals surface area contributed by atoms with Gasteiger partial charge in [-0.3, -0.25) is 4.79 Å². The molecule has 5 heteroatoms. The van der Waals surface area contributed by atoms with E-state index in [2.05, 4.69) is 10.1 Å². The van der Waals surface area contributed by atoms with Crippen molar-refractivity contribution < 1.29 is 14.3 Å². The number of carbonyl (C=O) groups is 2. The molecular weight excluding hydrogens is 232 g/mol. The van der Waals surface area contributed by atoms with E-state index in [0.717, 1.165) is 0 Å². The molecule has 0 saturated heterocycles. The molecule has 1 amide bonds. The molecular formula is C13H18N2O3. The lowest BCUT2D eigenvalue weighted by molar-refractivity contribution is -0.145. The first-order chi connectivity index (χ1) is 8.39. The molecule has 0 aliphatic heterocycles. The fourth-order valence-electron chi connectivity index (χ4n) is 1.50. The van der Waals surface area contributed by atoms with E-state index in [1.807, 2.05) is 6.07 Å². The first kappa shape index (κ1) is 14.2. The number of nitrogens with one attached hydrogen (secondary N) is 1. The van der Waals surface area contributed by atoms with Gasteiger partial charge in [0.15, 0.2) is 0 Å². The quantitative estimate of drug-likeness (QED) is 0.764. The summed E-state index contributed by atoms with van der Waals surface area (Å²) in [5.41, 5.74) is 5.50. The average molecular weight is 250 g/mol. The van der Waals surface area contributed by atoms with Gasteiger partial charge in [-0.05, 0) is 19.4 Å². The van der Waals surface area contributed by atoms with Crippen molar-refractivity contribution in [1.82, 2.24) is 5.32 Å². The lowest BCUT2D eigenvalue weighted by Crippen LogP contribution is -2.53. The van der Waals surface area contributed by atoms with Crippen LogP contribution in [0.15, 0.2) is 30.3 Å². The Balaban J connectivity index is 2.80. The Morgan fingerprint density at radius 1 is 1.33 bits per heavy atom. The van der Waals surface area contributed by atoms with Crippen molar-refractivity contribution in [2.24, 2.45) is 5.73 Å². The maximum absolute atomic E-state index is 12.1. The number of hydrogen-bond donors (Lipinski definition) is 2. The Labute approximate surface area is 106 Å². The fraction of sp³-hybridized carbons (Fsp3) is 0.385. The van der Waals surface area contributed by atoms with Gasteiger partial charge < -0.3 is 15.8 Å². The number of carbonyl (C=O) groups excluding carboxylic acids is 2. The highest BCUT2D eigenvalue weighted by molar-refractivity contribution is 5.90. The molecule has 1 aromatic rings. The molecule has 0 aliphatic rings. The molecule has 0 radical (unpaired) electrons. The fourth-order valence-corrected chi connectivity index (χ4v) is 1.50. The Kier molecular flexibility index (Phi) is 4.44. The summed E-state index contributed by atoms with van der Waals surface area (Å²) in [4.78, 5) is 23.3. The number of esters is 1. The van der Waals surface area contributed by atoms with E-state index in [1.54, 1.807) is 38.1 Å². The normalized spacial score (nSPS) is 15.3. The van der Waals surface area contributed by atoms with Gasteiger partial charge in [0.25, 0.3) is 0 Å². The molecule has 0 aliphatic carbocycles. The van der Waals surface area contributed by atoms with Gasteiger partial charge in [-0.2, -0.15) is 0 Å². The van der Waals surface area contributed by atoms with Crippen molar-refractivity contribution in [3.05, 3.63) is 35.9 Å². The average Bonchev–Trinajstić information content (AvgIpc) is 2.38. The van der Waals surface area contributed by atoms with Crippen molar-refractivity contribution in [2.75, 3.05) is 7.11 Å². The van der Waals surface area contributed by atoms with Crippen LogP contribution < -0.4 is 11.1 Å². The largest absolute Gasteiger partial charge is 0.467 e. The second-order valence-corrected chi connectivity index (χ2v) is 4.29. The Morgan fingerprint density at radius 2 is 1.89 bits per heavy atom. The molecule has 0 heterocycles. The van der Waals surface area contributed by atoms with E-state index in [0.29, 0.717) is 5.56 Å². The van der Waals surface area contributed by atoms with Gasteiger partial charge in [0.05, 0.1) is 7.11 Å². The number of amides is 1. The minimum Gasteiger partial charge on any atom is -0.467 e. The minimum atomic E-state index is -1.19. The number of rotatable bonds is 4. The van der Waals surface area contributed by atoms with Gasteiger partial charge in [-0.1, -0.05) is 30.3 Å². The van der Waals surface area contributed by atoms with Gasteiger partial charge in [0.2, 0.25) is 5.91 Å². The highest BCUT2D eigenvalue weighted by Gasteiger charge is 2.32. The van der Waals surface area contributed by atoms with Crippen LogP contribution in [0.1, 0.15) is 19.4 Å². The SMILES string of the molecule is COC(=O)C(C)NC(=O)C(C)(N)c1ccccc1. The summed E-state index contributed by atoms with van der Waals surface area (Å²) >= 11 is 0. The second-order valence-electron chi connectivity index (χ2n) is 4.29. The van der Waals surface area contributed by atoms with Crippen LogP contribution in [-0.4, -0.2) is 25.0 Å². The maximum Gasteiger partial charge on any atom is 0.328 e. The smallest absolute Gasteiger partial charge is 0.328 e. The van der Waals surface area contributed by atoms with E-state index < -0.39 is 23.5 Å². The van der Waals surface area contributed by atoms with E-state index >= 15 is 0 Å². The van der Waals surface area contributed by atoms with Crippen molar-refractivity contribution in [1.29, 1.82) is 0 Å². The van der Waals surface area contributed by atoms with Crippen LogP contribution in [0.2, 0.25) is 0 Å². The Morgan fingerprint density at radius 3 is 2.39 bits per heavy atom. The molecule has 0 saturated carbocycles. The molecule has 0 aromatic heterocycles. The molecule has 1 aromatic carbocycles. The third kappa shape index (κ3) is 3.07. The molecule has 5 nitrogen and oxygen atoms in total. The topological polar surface area (TPSA) is 81.4 Å². The van der Waals surface area contributed by atoms with Crippen LogP contribution in [0.25, 0.3) is 0 Å². The molecule has 0 fully saturated rings. The van der Waals surface area contributed by atoms with Crippen LogP contribution >= 0.6 is 0 Å². The summed E-state index contributed by atoms with van der Waals surface area (Å²) in [5, 5.41) is 2.53. The monoisotopic (exact) mass is 250 g/mol. The lowest BCUT2D eigenvalue weighted by Gasteiger charge is -2.25. The van der Waals surface area contributed by atoms with Crippen molar-refractivity contribution >= 4 is 11.9 Å². The zero-order valence-corrected chi connectivity index (χ0v) is 10.8. The highest BCUT2D eigenvalue weighted by atomic mass is 16.5. The number of nitrogens with two attached hydrogens (primary N) is 1. The van der Waals surface area contributed by atoms with Crippen molar-refractivity contribution in [3.8, 4) is 0 Å². The zero-order chi connectivity index (χ0) is 13.8. The van der Waals surface area contributed by atoms with E-state index in [9.17, 15) is 9.59 Å². The molecule has 3 N–H and O–H groups in total.